The number of rotatable bonds is 10. The minimum Gasteiger partial charge on any atom is -0.340 e. The molecule has 0 aliphatic rings. The molecular formula is C25H36AlN. The van der Waals surface area contributed by atoms with Crippen LogP contribution >= 0.6 is 0 Å². The molecule has 0 saturated heterocycles. The molecule has 1 nitrogen and oxygen atoms in total. The van der Waals surface area contributed by atoms with Crippen molar-refractivity contribution in [2.75, 3.05) is 0 Å². The molecule has 0 fully saturated rings. The van der Waals surface area contributed by atoms with E-state index in [4.69, 9.17) is 0 Å². The van der Waals surface area contributed by atoms with Crippen LogP contribution in [0.15, 0.2) is 48.5 Å². The molecular weight excluding hydrogens is 341 g/mol. The van der Waals surface area contributed by atoms with Crippen LogP contribution in [0, 0.1) is 11.8 Å². The van der Waals surface area contributed by atoms with Gasteiger partial charge in [-0.2, -0.15) is 0 Å². The monoisotopic (exact) mass is 377 g/mol. The lowest BCUT2D eigenvalue weighted by Gasteiger charge is -2.16. The standard InChI is InChI=1S/C17H18N.2C4H9.Al/c1-2-3-8-13-18-16-11-6-4-9-14(16)15-10-5-7-12-17(15)18;2*1-4(2)3;/h4-7,9-12H,1-3,8,13H2;2*4H,1H2,2-3H3;. The van der Waals surface area contributed by atoms with Crippen molar-refractivity contribution < 1.29 is 0 Å². The largest absolute Gasteiger partial charge is 0.340 e. The van der Waals surface area contributed by atoms with Gasteiger partial charge in [0, 0.05) is 28.4 Å². The number of benzene rings is 2. The molecule has 0 radical (unpaired) electrons. The first-order valence-electron chi connectivity index (χ1n) is 11.0. The Kier molecular flexibility index (Phi) is 7.45. The smallest absolute Gasteiger partial charge is 0.262 e. The minimum atomic E-state index is -0.541. The zero-order chi connectivity index (χ0) is 19.2. The number of hydrogen-bond acceptors (Lipinski definition) is 0. The summed E-state index contributed by atoms with van der Waals surface area (Å²) in [5.74, 6) is 1.77. The molecule has 0 saturated carbocycles. The Hall–Kier alpha value is -1.23. The van der Waals surface area contributed by atoms with Gasteiger partial charge in [-0.15, -0.1) is 0 Å². The van der Waals surface area contributed by atoms with Crippen molar-refractivity contribution in [3.8, 4) is 0 Å². The van der Waals surface area contributed by atoms with Gasteiger partial charge in [0.05, 0.1) is 0 Å². The van der Waals surface area contributed by atoms with Crippen LogP contribution in [0.3, 0.4) is 0 Å². The normalized spacial score (nSPS) is 11.9. The molecule has 0 unspecified atom stereocenters. The Morgan fingerprint density at radius 2 is 1.22 bits per heavy atom. The molecule has 144 valence electrons. The van der Waals surface area contributed by atoms with Crippen LogP contribution < -0.4 is 0 Å². The number of hydrogen-bond donors (Lipinski definition) is 0. The molecule has 0 N–H and O–H groups in total. The molecule has 3 aromatic rings. The number of unbranched alkanes of at least 4 members (excludes halogenated alkanes) is 2. The van der Waals surface area contributed by atoms with Gasteiger partial charge in [0.1, 0.15) is 0 Å². The van der Waals surface area contributed by atoms with E-state index in [2.05, 4.69) is 80.8 Å². The lowest BCUT2D eigenvalue weighted by molar-refractivity contribution is 0.620. The van der Waals surface area contributed by atoms with Gasteiger partial charge in [0.25, 0.3) is 14.1 Å². The second kappa shape index (κ2) is 9.81. The van der Waals surface area contributed by atoms with Crippen molar-refractivity contribution in [1.29, 1.82) is 0 Å². The van der Waals surface area contributed by atoms with Crippen LogP contribution in [0.1, 0.15) is 47.0 Å². The molecule has 0 amide bonds. The molecule has 3 rings (SSSR count). The third kappa shape index (κ3) is 5.40. The number of aromatic nitrogens is 1. The highest BCUT2D eigenvalue weighted by molar-refractivity contribution is 6.58. The van der Waals surface area contributed by atoms with Gasteiger partial charge >= 0.3 is 0 Å². The first kappa shape index (κ1) is 20.5. The van der Waals surface area contributed by atoms with Gasteiger partial charge in [-0.3, -0.25) is 0 Å². The SMILES string of the molecule is CC(C)[CH2][Al]([CH2]CCCCn1c2ccccc2c2ccccc21)[CH2]C(C)C. The van der Waals surface area contributed by atoms with Crippen molar-refractivity contribution >= 4 is 36.0 Å². The van der Waals surface area contributed by atoms with Crippen molar-refractivity contribution in [3.05, 3.63) is 48.5 Å². The molecule has 0 aliphatic carbocycles. The average molecular weight is 378 g/mol. The molecule has 0 atom stereocenters. The van der Waals surface area contributed by atoms with Gasteiger partial charge in [0.2, 0.25) is 0 Å². The second-order valence-corrected chi connectivity index (χ2v) is 12.4. The Morgan fingerprint density at radius 1 is 0.704 bits per heavy atom. The van der Waals surface area contributed by atoms with Crippen LogP contribution in [-0.4, -0.2) is 18.7 Å². The highest BCUT2D eigenvalue weighted by Crippen LogP contribution is 2.29. The van der Waals surface area contributed by atoms with E-state index in [-0.39, 0.29) is 0 Å². The van der Waals surface area contributed by atoms with Crippen molar-refractivity contribution in [2.24, 2.45) is 11.8 Å². The van der Waals surface area contributed by atoms with Crippen LogP contribution in [0.5, 0.6) is 0 Å². The van der Waals surface area contributed by atoms with Crippen LogP contribution in [0.4, 0.5) is 0 Å². The van der Waals surface area contributed by atoms with Gasteiger partial charge in [-0.05, 0) is 18.6 Å². The van der Waals surface area contributed by atoms with Gasteiger partial charge in [-0.25, -0.2) is 0 Å². The number of nitrogens with zero attached hydrogens (tertiary/aromatic N) is 1. The number of para-hydroxylation sites is 2. The zero-order valence-electron chi connectivity index (χ0n) is 17.7. The third-order valence-corrected chi connectivity index (χ3v) is 10.2. The Bertz CT molecular complexity index is 783. The van der Waals surface area contributed by atoms with E-state index < -0.39 is 14.1 Å². The summed E-state index contributed by atoms with van der Waals surface area (Å²) in [7, 11) is 0. The Balaban J connectivity index is 1.59. The summed E-state index contributed by atoms with van der Waals surface area (Å²) in [6.45, 7) is 10.8. The van der Waals surface area contributed by atoms with E-state index in [9.17, 15) is 0 Å². The number of fused-ring (bicyclic) bond motifs is 3. The summed E-state index contributed by atoms with van der Waals surface area (Å²) >= 11 is -0.541. The Labute approximate surface area is 170 Å². The van der Waals surface area contributed by atoms with E-state index in [0.717, 1.165) is 18.4 Å². The second-order valence-electron chi connectivity index (χ2n) is 9.16. The molecule has 2 heteroatoms. The lowest BCUT2D eigenvalue weighted by Crippen LogP contribution is -2.17. The maximum absolute atomic E-state index is 2.54. The van der Waals surface area contributed by atoms with Gasteiger partial charge in [0.15, 0.2) is 0 Å². The van der Waals surface area contributed by atoms with E-state index >= 15 is 0 Å². The summed E-state index contributed by atoms with van der Waals surface area (Å²) in [5.41, 5.74) is 2.79. The zero-order valence-corrected chi connectivity index (χ0v) is 18.9. The fourth-order valence-corrected chi connectivity index (χ4v) is 8.99. The lowest BCUT2D eigenvalue weighted by atomic mass is 10.2. The third-order valence-electron chi connectivity index (χ3n) is 5.78. The van der Waals surface area contributed by atoms with Crippen LogP contribution in [0.25, 0.3) is 21.8 Å². The minimum absolute atomic E-state index is 0.541. The summed E-state index contributed by atoms with van der Waals surface area (Å²) in [5, 5.41) is 7.41. The summed E-state index contributed by atoms with van der Waals surface area (Å²) in [6, 6.07) is 17.8. The predicted molar refractivity (Wildman–Crippen MR) is 123 cm³/mol. The number of aryl methyl sites for hydroxylation is 1. The van der Waals surface area contributed by atoms with E-state index in [1.54, 1.807) is 5.28 Å². The van der Waals surface area contributed by atoms with E-state index in [0.29, 0.717) is 0 Å². The molecule has 1 aromatic heterocycles. The topological polar surface area (TPSA) is 4.93 Å². The molecule has 0 aliphatic heterocycles. The first-order chi connectivity index (χ1) is 13.1. The van der Waals surface area contributed by atoms with Crippen molar-refractivity contribution in [2.45, 2.75) is 69.4 Å². The predicted octanol–water partition coefficient (Wildman–Crippen LogP) is 7.77. The van der Waals surface area contributed by atoms with Crippen LogP contribution in [0.2, 0.25) is 15.8 Å². The maximum Gasteiger partial charge on any atom is 0.262 e. The van der Waals surface area contributed by atoms with Crippen molar-refractivity contribution in [3.63, 3.8) is 0 Å². The van der Waals surface area contributed by atoms with Crippen LogP contribution in [-0.2, 0) is 6.54 Å². The van der Waals surface area contributed by atoms with E-state index in [1.807, 2.05) is 0 Å². The molecule has 27 heavy (non-hydrogen) atoms. The van der Waals surface area contributed by atoms with Gasteiger partial charge < -0.3 is 4.57 Å². The fraction of sp³-hybridized carbons (Fsp3) is 0.520. The molecule has 0 spiro atoms. The average Bonchev–Trinajstić information content (AvgIpc) is 2.95. The maximum atomic E-state index is 2.54. The highest BCUT2D eigenvalue weighted by Gasteiger charge is 2.19. The quantitative estimate of drug-likeness (QED) is 0.251. The highest BCUT2D eigenvalue weighted by atomic mass is 27.2. The molecule has 2 aromatic carbocycles. The fourth-order valence-electron chi connectivity index (χ4n) is 4.79. The summed E-state index contributed by atoms with van der Waals surface area (Å²) < 4.78 is 2.54. The van der Waals surface area contributed by atoms with Crippen molar-refractivity contribution in [1.82, 2.24) is 4.57 Å². The summed E-state index contributed by atoms with van der Waals surface area (Å²) in [6.07, 6.45) is 4.11. The molecule has 0 bridgehead atoms. The van der Waals surface area contributed by atoms with E-state index in [1.165, 1.54) is 51.6 Å². The van der Waals surface area contributed by atoms with Gasteiger partial charge in [-0.1, -0.05) is 105 Å². The molecule has 1 heterocycles. The summed E-state index contributed by atoms with van der Waals surface area (Å²) in [4.78, 5) is 0. The Morgan fingerprint density at radius 3 is 1.74 bits per heavy atom. The first-order valence-corrected chi connectivity index (χ1v) is 13.5.